The Kier molecular flexibility index (Phi) is 5.84. The quantitative estimate of drug-likeness (QED) is 0.538. The molecule has 1 unspecified atom stereocenters. The molecule has 1 saturated heterocycles. The molecule has 5 rings (SSSR count). The minimum absolute atomic E-state index is 0.0433. The summed E-state index contributed by atoms with van der Waals surface area (Å²) in [4.78, 5) is 30.2. The third-order valence-electron chi connectivity index (χ3n) is 6.47. The first-order valence-corrected chi connectivity index (χ1v) is 11.2. The van der Waals surface area contributed by atoms with Crippen molar-refractivity contribution in [3.05, 3.63) is 83.9 Å². The first-order chi connectivity index (χ1) is 16.2. The minimum Gasteiger partial charge on any atom is -0.497 e. The van der Waals surface area contributed by atoms with E-state index in [1.807, 2.05) is 77.7 Å². The van der Waals surface area contributed by atoms with Gasteiger partial charge in [-0.15, -0.1) is 0 Å². The number of ether oxygens (including phenoxy) is 2. The molecule has 0 spiro atoms. The topological polar surface area (TPSA) is 59.1 Å². The van der Waals surface area contributed by atoms with Gasteiger partial charge in [-0.3, -0.25) is 14.6 Å². The molecule has 1 amide bonds. The van der Waals surface area contributed by atoms with Gasteiger partial charge in [-0.25, -0.2) is 0 Å². The van der Waals surface area contributed by atoms with Crippen LogP contribution in [0.1, 0.15) is 30.0 Å². The first kappa shape index (κ1) is 21.2. The van der Waals surface area contributed by atoms with Crippen molar-refractivity contribution in [3.8, 4) is 11.5 Å². The number of aldehydes is 1. The van der Waals surface area contributed by atoms with Crippen molar-refractivity contribution in [2.75, 3.05) is 18.6 Å². The summed E-state index contributed by atoms with van der Waals surface area (Å²) in [6.07, 6.45) is 2.48. The Balaban J connectivity index is 1.52. The molecule has 6 heteroatoms. The molecule has 0 bridgehead atoms. The first-order valence-electron chi connectivity index (χ1n) is 11.2. The lowest BCUT2D eigenvalue weighted by atomic mass is 10.0. The highest BCUT2D eigenvalue weighted by atomic mass is 16.5. The molecule has 1 fully saturated rings. The lowest BCUT2D eigenvalue weighted by molar-refractivity contribution is -0.124. The molecule has 2 heterocycles. The van der Waals surface area contributed by atoms with Crippen molar-refractivity contribution in [1.29, 1.82) is 0 Å². The van der Waals surface area contributed by atoms with Crippen LogP contribution < -0.4 is 14.4 Å². The van der Waals surface area contributed by atoms with E-state index in [9.17, 15) is 9.59 Å². The van der Waals surface area contributed by atoms with Crippen molar-refractivity contribution in [2.24, 2.45) is 0 Å². The Morgan fingerprint density at radius 3 is 2.52 bits per heavy atom. The van der Waals surface area contributed by atoms with Crippen LogP contribution in [0.5, 0.6) is 11.5 Å². The van der Waals surface area contributed by atoms with E-state index in [1.54, 1.807) is 12.0 Å². The highest BCUT2D eigenvalue weighted by Gasteiger charge is 2.40. The van der Waals surface area contributed by atoms with Crippen LogP contribution >= 0.6 is 0 Å². The van der Waals surface area contributed by atoms with Crippen molar-refractivity contribution < 1.29 is 19.1 Å². The van der Waals surface area contributed by atoms with Crippen molar-refractivity contribution in [2.45, 2.75) is 31.5 Å². The number of nitrogens with zero attached hydrogens (tertiary/aromatic N) is 2. The number of para-hydroxylation sites is 3. The van der Waals surface area contributed by atoms with E-state index in [1.165, 1.54) is 0 Å². The molecule has 0 saturated carbocycles. The van der Waals surface area contributed by atoms with E-state index < -0.39 is 12.1 Å². The number of likely N-dealkylation sites (tertiary alicyclic amines) is 1. The molecule has 3 aromatic rings. The van der Waals surface area contributed by atoms with Crippen LogP contribution in [0.2, 0.25) is 0 Å². The Hall–Kier alpha value is -3.64. The summed E-state index contributed by atoms with van der Waals surface area (Å²) in [5, 5.41) is 0. The number of hydrogen-bond acceptors (Lipinski definition) is 5. The largest absolute Gasteiger partial charge is 0.497 e. The van der Waals surface area contributed by atoms with Gasteiger partial charge in [-0.2, -0.15) is 0 Å². The Morgan fingerprint density at radius 1 is 1.03 bits per heavy atom. The SMILES string of the molecule is COc1ccc([C@H](C=O)N2CCCC2C(=O)N2c3ccccc3COc3ccccc32)cc1. The lowest BCUT2D eigenvalue weighted by Gasteiger charge is -2.33. The maximum Gasteiger partial charge on any atom is 0.249 e. The standard InChI is InChI=1S/C27H26N2O4/c1-32-21-14-12-19(13-15-21)25(17-30)28-16-6-10-24(28)27(31)29-22-8-3-2-7-20(22)18-33-26-11-5-4-9-23(26)29/h2-5,7-9,11-15,17,24-25H,6,10,16,18H2,1H3/t24?,25-/m0/s1. The van der Waals surface area contributed by atoms with Gasteiger partial charge in [-0.05, 0) is 48.7 Å². The van der Waals surface area contributed by atoms with Gasteiger partial charge >= 0.3 is 0 Å². The third-order valence-corrected chi connectivity index (χ3v) is 6.47. The van der Waals surface area contributed by atoms with Gasteiger partial charge in [-0.1, -0.05) is 42.5 Å². The second-order valence-corrected chi connectivity index (χ2v) is 8.31. The van der Waals surface area contributed by atoms with Crippen molar-refractivity contribution in [3.63, 3.8) is 0 Å². The zero-order chi connectivity index (χ0) is 22.8. The molecule has 0 aromatic heterocycles. The molecule has 0 radical (unpaired) electrons. The predicted octanol–water partition coefficient (Wildman–Crippen LogP) is 4.66. The maximum absolute atomic E-state index is 14.1. The van der Waals surface area contributed by atoms with E-state index in [2.05, 4.69) is 0 Å². The van der Waals surface area contributed by atoms with Crippen LogP contribution in [-0.2, 0) is 16.2 Å². The predicted molar refractivity (Wildman–Crippen MR) is 126 cm³/mol. The average molecular weight is 443 g/mol. The Morgan fingerprint density at radius 2 is 1.76 bits per heavy atom. The summed E-state index contributed by atoms with van der Waals surface area (Å²) in [5.41, 5.74) is 3.36. The summed E-state index contributed by atoms with van der Waals surface area (Å²) in [6.45, 7) is 1.08. The number of methoxy groups -OCH3 is 1. The smallest absolute Gasteiger partial charge is 0.249 e. The van der Waals surface area contributed by atoms with Crippen LogP contribution in [0.3, 0.4) is 0 Å². The Labute approximate surface area is 193 Å². The van der Waals surface area contributed by atoms with E-state index in [0.717, 1.165) is 41.0 Å². The van der Waals surface area contributed by atoms with E-state index in [0.29, 0.717) is 25.3 Å². The summed E-state index contributed by atoms with van der Waals surface area (Å²) in [7, 11) is 1.61. The number of fused-ring (bicyclic) bond motifs is 2. The fraction of sp³-hybridized carbons (Fsp3) is 0.259. The zero-order valence-electron chi connectivity index (χ0n) is 18.5. The van der Waals surface area contributed by atoms with Gasteiger partial charge < -0.3 is 14.3 Å². The second-order valence-electron chi connectivity index (χ2n) is 8.31. The fourth-order valence-electron chi connectivity index (χ4n) is 4.82. The molecule has 168 valence electrons. The number of benzene rings is 3. The second kappa shape index (κ2) is 9.08. The summed E-state index contributed by atoms with van der Waals surface area (Å²) in [6, 6.07) is 22.0. The zero-order valence-corrected chi connectivity index (χ0v) is 18.5. The highest BCUT2D eigenvalue weighted by molar-refractivity contribution is 6.05. The van der Waals surface area contributed by atoms with E-state index in [4.69, 9.17) is 9.47 Å². The summed E-state index contributed by atoms with van der Waals surface area (Å²) < 4.78 is 11.3. The van der Waals surface area contributed by atoms with E-state index >= 15 is 0 Å². The molecule has 6 nitrogen and oxygen atoms in total. The average Bonchev–Trinajstić information content (AvgIpc) is 3.28. The highest BCUT2D eigenvalue weighted by Crippen LogP contribution is 2.41. The fourth-order valence-corrected chi connectivity index (χ4v) is 4.82. The molecule has 2 aliphatic heterocycles. The number of rotatable bonds is 5. The van der Waals surface area contributed by atoms with Crippen molar-refractivity contribution in [1.82, 2.24) is 4.90 Å². The minimum atomic E-state index is -0.499. The summed E-state index contributed by atoms with van der Waals surface area (Å²) in [5.74, 6) is 1.36. The van der Waals surface area contributed by atoms with Gasteiger partial charge in [0, 0.05) is 12.1 Å². The number of carbonyl (C=O) groups is 2. The van der Waals surface area contributed by atoms with Gasteiger partial charge in [0.05, 0.1) is 30.6 Å². The molecule has 33 heavy (non-hydrogen) atoms. The molecule has 2 aliphatic rings. The van der Waals surface area contributed by atoms with E-state index in [-0.39, 0.29) is 5.91 Å². The lowest BCUT2D eigenvalue weighted by Crippen LogP contribution is -2.45. The molecule has 3 aromatic carbocycles. The molecule has 0 N–H and O–H groups in total. The number of carbonyl (C=O) groups excluding carboxylic acids is 2. The van der Waals surface area contributed by atoms with Crippen LogP contribution in [-0.4, -0.2) is 36.8 Å². The molecular formula is C27H26N2O4. The Bertz CT molecular complexity index is 1110. The van der Waals surface area contributed by atoms with Crippen LogP contribution in [0, 0.1) is 0 Å². The van der Waals surface area contributed by atoms with Crippen LogP contribution in [0.4, 0.5) is 11.4 Å². The molecule has 2 atom stereocenters. The maximum atomic E-state index is 14.1. The number of amides is 1. The summed E-state index contributed by atoms with van der Waals surface area (Å²) >= 11 is 0. The molecule has 0 aliphatic carbocycles. The molecular weight excluding hydrogens is 416 g/mol. The van der Waals surface area contributed by atoms with Gasteiger partial charge in [0.25, 0.3) is 0 Å². The van der Waals surface area contributed by atoms with Crippen LogP contribution in [0.15, 0.2) is 72.8 Å². The van der Waals surface area contributed by atoms with Gasteiger partial charge in [0.15, 0.2) is 0 Å². The number of anilines is 2. The van der Waals surface area contributed by atoms with Gasteiger partial charge in [0.2, 0.25) is 5.91 Å². The van der Waals surface area contributed by atoms with Gasteiger partial charge in [0.1, 0.15) is 24.4 Å². The van der Waals surface area contributed by atoms with Crippen molar-refractivity contribution >= 4 is 23.6 Å². The number of hydrogen-bond donors (Lipinski definition) is 0. The normalized spacial score (nSPS) is 18.5. The van der Waals surface area contributed by atoms with Crippen LogP contribution in [0.25, 0.3) is 0 Å². The monoisotopic (exact) mass is 442 g/mol. The third kappa shape index (κ3) is 3.87.